The van der Waals surface area contributed by atoms with E-state index in [2.05, 4.69) is 42.2 Å². The summed E-state index contributed by atoms with van der Waals surface area (Å²) in [7, 11) is 1.65. The Balaban J connectivity index is 1.80. The van der Waals surface area contributed by atoms with E-state index in [0.29, 0.717) is 5.57 Å². The molecule has 0 saturated heterocycles. The van der Waals surface area contributed by atoms with Crippen LogP contribution in [0.5, 0.6) is 5.75 Å². The first-order valence-electron chi connectivity index (χ1n) is 9.04. The molecule has 136 valence electrons. The number of hydrogen-bond acceptors (Lipinski definition) is 4. The number of thiazole rings is 1. The molecule has 0 spiro atoms. The summed E-state index contributed by atoms with van der Waals surface area (Å²) in [6.45, 7) is 2.20. The molecule has 0 N–H and O–H groups in total. The fraction of sp³-hybridized carbons (Fsp3) is 0.217. The van der Waals surface area contributed by atoms with Gasteiger partial charge in [0.05, 0.1) is 18.4 Å². The molecule has 1 aromatic heterocycles. The molecular weight excluding hydrogens is 352 g/mol. The summed E-state index contributed by atoms with van der Waals surface area (Å²) in [6.07, 6.45) is 5.40. The highest BCUT2D eigenvalue weighted by molar-refractivity contribution is 7.11. The highest BCUT2D eigenvalue weighted by Crippen LogP contribution is 2.28. The second-order valence-electron chi connectivity index (χ2n) is 6.28. The maximum absolute atomic E-state index is 9.59. The van der Waals surface area contributed by atoms with E-state index in [-0.39, 0.29) is 0 Å². The number of aryl methyl sites for hydroxylation is 1. The number of methoxy groups -OCH3 is 1. The number of nitrogens with zero attached hydrogens (tertiary/aromatic N) is 2. The van der Waals surface area contributed by atoms with Crippen LogP contribution in [0, 0.1) is 11.3 Å². The summed E-state index contributed by atoms with van der Waals surface area (Å²) in [5.41, 5.74) is 4.82. The number of rotatable bonds is 7. The zero-order chi connectivity index (χ0) is 19.1. The first-order chi connectivity index (χ1) is 13.2. The van der Waals surface area contributed by atoms with Crippen LogP contribution in [-0.4, -0.2) is 12.1 Å². The number of aromatic nitrogens is 1. The van der Waals surface area contributed by atoms with E-state index in [1.54, 1.807) is 7.11 Å². The van der Waals surface area contributed by atoms with Crippen molar-refractivity contribution < 1.29 is 4.74 Å². The summed E-state index contributed by atoms with van der Waals surface area (Å²) in [6, 6.07) is 18.5. The third kappa shape index (κ3) is 4.84. The van der Waals surface area contributed by atoms with Gasteiger partial charge in [0.1, 0.15) is 16.8 Å². The van der Waals surface area contributed by atoms with Gasteiger partial charge in [-0.3, -0.25) is 0 Å². The van der Waals surface area contributed by atoms with Crippen molar-refractivity contribution in [2.45, 2.75) is 26.2 Å². The van der Waals surface area contributed by atoms with Crippen molar-refractivity contribution in [3.05, 3.63) is 70.0 Å². The summed E-state index contributed by atoms with van der Waals surface area (Å²) >= 11 is 1.49. The smallest absolute Gasteiger partial charge is 0.134 e. The minimum absolute atomic E-state index is 0.584. The summed E-state index contributed by atoms with van der Waals surface area (Å²) < 4.78 is 5.19. The highest BCUT2D eigenvalue weighted by Gasteiger charge is 2.09. The molecule has 0 aliphatic rings. The molecule has 0 radical (unpaired) electrons. The molecule has 0 amide bonds. The van der Waals surface area contributed by atoms with Crippen molar-refractivity contribution >= 4 is 23.0 Å². The zero-order valence-corrected chi connectivity index (χ0v) is 16.4. The van der Waals surface area contributed by atoms with E-state index in [4.69, 9.17) is 4.74 Å². The summed E-state index contributed by atoms with van der Waals surface area (Å²) in [5.74, 6) is 0.814. The van der Waals surface area contributed by atoms with E-state index in [0.717, 1.165) is 34.0 Å². The van der Waals surface area contributed by atoms with Crippen molar-refractivity contribution in [2.24, 2.45) is 0 Å². The Hall–Kier alpha value is -2.90. The Labute approximate surface area is 164 Å². The Morgan fingerprint density at radius 3 is 2.52 bits per heavy atom. The fourth-order valence-corrected chi connectivity index (χ4v) is 3.56. The molecule has 0 bridgehead atoms. The lowest BCUT2D eigenvalue weighted by atomic mass is 10.1. The van der Waals surface area contributed by atoms with Crippen LogP contribution in [0.15, 0.2) is 53.9 Å². The normalized spacial score (nSPS) is 11.2. The van der Waals surface area contributed by atoms with Gasteiger partial charge in [-0.1, -0.05) is 37.6 Å². The average molecular weight is 375 g/mol. The first-order valence-corrected chi connectivity index (χ1v) is 9.92. The molecule has 0 atom stereocenters. The van der Waals surface area contributed by atoms with E-state index in [9.17, 15) is 5.26 Å². The molecular formula is C23H22N2OS. The summed E-state index contributed by atoms with van der Waals surface area (Å²) in [4.78, 5) is 4.65. The standard InChI is InChI=1S/C23H22N2OS/c1-3-4-5-17-6-8-18(9-7-17)14-20(15-24)23-25-22(16-27-23)19-10-12-21(26-2)13-11-19/h6-14,16H,3-5H2,1-2H3. The molecule has 0 aliphatic carbocycles. The predicted octanol–water partition coefficient (Wildman–Crippen LogP) is 6.23. The lowest BCUT2D eigenvalue weighted by Crippen LogP contribution is -1.86. The van der Waals surface area contributed by atoms with E-state index >= 15 is 0 Å². The van der Waals surface area contributed by atoms with Gasteiger partial charge in [0.25, 0.3) is 0 Å². The minimum atomic E-state index is 0.584. The minimum Gasteiger partial charge on any atom is -0.497 e. The van der Waals surface area contributed by atoms with Crippen LogP contribution in [0.1, 0.15) is 35.9 Å². The number of allylic oxidation sites excluding steroid dienone is 1. The molecule has 1 heterocycles. The molecule has 0 fully saturated rings. The molecule has 0 unspecified atom stereocenters. The summed E-state index contributed by atoms with van der Waals surface area (Å²) in [5, 5.41) is 12.3. The Morgan fingerprint density at radius 1 is 1.15 bits per heavy atom. The Kier molecular flexibility index (Phi) is 6.40. The Morgan fingerprint density at radius 2 is 1.89 bits per heavy atom. The van der Waals surface area contributed by atoms with Gasteiger partial charge in [0.2, 0.25) is 0 Å². The van der Waals surface area contributed by atoms with Crippen molar-refractivity contribution in [1.82, 2.24) is 4.98 Å². The molecule has 0 saturated carbocycles. The van der Waals surface area contributed by atoms with Gasteiger partial charge in [-0.05, 0) is 54.3 Å². The zero-order valence-electron chi connectivity index (χ0n) is 15.6. The van der Waals surface area contributed by atoms with Crippen molar-refractivity contribution in [2.75, 3.05) is 7.11 Å². The van der Waals surface area contributed by atoms with Gasteiger partial charge in [-0.15, -0.1) is 11.3 Å². The second-order valence-corrected chi connectivity index (χ2v) is 7.14. The van der Waals surface area contributed by atoms with Crippen LogP contribution in [-0.2, 0) is 6.42 Å². The quantitative estimate of drug-likeness (QED) is 0.461. The third-order valence-corrected chi connectivity index (χ3v) is 5.23. The second kappa shape index (κ2) is 9.16. The number of nitriles is 1. The number of ether oxygens (including phenoxy) is 1. The van der Waals surface area contributed by atoms with Gasteiger partial charge in [0.15, 0.2) is 0 Å². The monoisotopic (exact) mass is 374 g/mol. The number of unbranched alkanes of at least 4 members (excludes halogenated alkanes) is 1. The molecule has 0 aliphatic heterocycles. The van der Waals surface area contributed by atoms with E-state index < -0.39 is 0 Å². The van der Waals surface area contributed by atoms with Gasteiger partial charge in [-0.25, -0.2) is 4.98 Å². The van der Waals surface area contributed by atoms with Crippen LogP contribution in [0.4, 0.5) is 0 Å². The fourth-order valence-electron chi connectivity index (χ4n) is 2.76. The van der Waals surface area contributed by atoms with Crippen LogP contribution in [0.25, 0.3) is 22.9 Å². The lowest BCUT2D eigenvalue weighted by Gasteiger charge is -2.01. The van der Waals surface area contributed by atoms with Crippen LogP contribution in [0.2, 0.25) is 0 Å². The van der Waals surface area contributed by atoms with Gasteiger partial charge < -0.3 is 4.74 Å². The van der Waals surface area contributed by atoms with Crippen LogP contribution < -0.4 is 4.74 Å². The number of hydrogen-bond donors (Lipinski definition) is 0. The maximum Gasteiger partial charge on any atom is 0.134 e. The maximum atomic E-state index is 9.59. The Bertz CT molecular complexity index is 947. The molecule has 27 heavy (non-hydrogen) atoms. The third-order valence-electron chi connectivity index (χ3n) is 4.35. The molecule has 3 nitrogen and oxygen atoms in total. The molecule has 3 rings (SSSR count). The SMILES string of the molecule is CCCCc1ccc(C=C(C#N)c2nc(-c3ccc(OC)cc3)cs2)cc1. The van der Waals surface area contributed by atoms with Crippen LogP contribution >= 0.6 is 11.3 Å². The van der Waals surface area contributed by atoms with Gasteiger partial charge in [0, 0.05) is 10.9 Å². The largest absolute Gasteiger partial charge is 0.497 e. The van der Waals surface area contributed by atoms with Crippen molar-refractivity contribution in [3.63, 3.8) is 0 Å². The first kappa shape index (κ1) is 18.9. The van der Waals surface area contributed by atoms with E-state index in [1.807, 2.05) is 35.7 Å². The van der Waals surface area contributed by atoms with Crippen LogP contribution in [0.3, 0.4) is 0 Å². The predicted molar refractivity (Wildman–Crippen MR) is 113 cm³/mol. The lowest BCUT2D eigenvalue weighted by molar-refractivity contribution is 0.415. The highest BCUT2D eigenvalue weighted by atomic mass is 32.1. The van der Waals surface area contributed by atoms with Gasteiger partial charge in [-0.2, -0.15) is 5.26 Å². The number of benzene rings is 2. The molecule has 4 heteroatoms. The van der Waals surface area contributed by atoms with Gasteiger partial charge >= 0.3 is 0 Å². The topological polar surface area (TPSA) is 45.9 Å². The molecule has 2 aromatic carbocycles. The van der Waals surface area contributed by atoms with E-state index in [1.165, 1.54) is 29.7 Å². The molecule has 3 aromatic rings. The average Bonchev–Trinajstić information content (AvgIpc) is 3.21. The van der Waals surface area contributed by atoms with Crippen molar-refractivity contribution in [1.29, 1.82) is 5.26 Å². The van der Waals surface area contributed by atoms with Crippen molar-refractivity contribution in [3.8, 4) is 23.1 Å².